The van der Waals surface area contributed by atoms with Crippen LogP contribution in [0.2, 0.25) is 0 Å². The topological polar surface area (TPSA) is 32.3 Å². The van der Waals surface area contributed by atoms with Crippen LogP contribution < -0.4 is 5.32 Å². The molecular formula is C16H22N2O. The van der Waals surface area contributed by atoms with E-state index in [0.717, 1.165) is 37.5 Å². The first-order valence-electron chi connectivity index (χ1n) is 7.32. The molecule has 1 aromatic carbocycles. The van der Waals surface area contributed by atoms with Gasteiger partial charge in [-0.2, -0.15) is 0 Å². The maximum absolute atomic E-state index is 12.0. The molecule has 3 rings (SSSR count). The highest BCUT2D eigenvalue weighted by molar-refractivity contribution is 5.98. The molecule has 1 saturated heterocycles. The summed E-state index contributed by atoms with van der Waals surface area (Å²) in [7, 11) is 1.87. The van der Waals surface area contributed by atoms with Crippen molar-refractivity contribution in [3.63, 3.8) is 0 Å². The zero-order valence-electron chi connectivity index (χ0n) is 11.6. The Labute approximate surface area is 115 Å². The normalized spacial score (nSPS) is 19.8. The van der Waals surface area contributed by atoms with Gasteiger partial charge in [-0.25, -0.2) is 0 Å². The van der Waals surface area contributed by atoms with E-state index in [4.69, 9.17) is 0 Å². The summed E-state index contributed by atoms with van der Waals surface area (Å²) in [6.45, 7) is 3.10. The highest BCUT2D eigenvalue weighted by Crippen LogP contribution is 2.24. The van der Waals surface area contributed by atoms with Crippen LogP contribution in [0.3, 0.4) is 0 Å². The van der Waals surface area contributed by atoms with Gasteiger partial charge in [-0.05, 0) is 61.9 Å². The highest BCUT2D eigenvalue weighted by Gasteiger charge is 2.24. The monoisotopic (exact) mass is 258 g/mol. The van der Waals surface area contributed by atoms with Gasteiger partial charge in [0.2, 0.25) is 0 Å². The zero-order chi connectivity index (χ0) is 13.2. The van der Waals surface area contributed by atoms with E-state index in [1.807, 2.05) is 7.05 Å². The summed E-state index contributed by atoms with van der Waals surface area (Å²) < 4.78 is 0. The molecular weight excluding hydrogens is 236 g/mol. The molecule has 0 atom stereocenters. The Hall–Kier alpha value is -1.35. The first-order valence-corrected chi connectivity index (χ1v) is 7.32. The molecule has 2 aliphatic heterocycles. The molecule has 19 heavy (non-hydrogen) atoms. The smallest absolute Gasteiger partial charge is 0.254 e. The van der Waals surface area contributed by atoms with Gasteiger partial charge in [0, 0.05) is 19.2 Å². The Morgan fingerprint density at radius 2 is 2.11 bits per heavy atom. The van der Waals surface area contributed by atoms with Gasteiger partial charge in [-0.1, -0.05) is 12.1 Å². The zero-order valence-corrected chi connectivity index (χ0v) is 11.6. The van der Waals surface area contributed by atoms with Crippen molar-refractivity contribution < 1.29 is 4.79 Å². The number of fused-ring (bicyclic) bond motifs is 1. The molecule has 0 bridgehead atoms. The predicted molar refractivity (Wildman–Crippen MR) is 76.2 cm³/mol. The van der Waals surface area contributed by atoms with Crippen molar-refractivity contribution in [2.45, 2.75) is 32.2 Å². The number of hydrogen-bond acceptors (Lipinski definition) is 2. The number of rotatable bonds is 3. The molecule has 2 heterocycles. The second-order valence-electron chi connectivity index (χ2n) is 5.88. The number of benzene rings is 1. The SMILES string of the molecule is CN1Cc2ccc(CCC3CCNCC3)cc2C1=O. The molecule has 0 aromatic heterocycles. The van der Waals surface area contributed by atoms with Crippen molar-refractivity contribution in [1.82, 2.24) is 10.2 Å². The van der Waals surface area contributed by atoms with E-state index >= 15 is 0 Å². The Kier molecular flexibility index (Phi) is 3.56. The Bertz CT molecular complexity index is 478. The molecule has 1 amide bonds. The van der Waals surface area contributed by atoms with Crippen molar-refractivity contribution in [3.05, 3.63) is 34.9 Å². The maximum atomic E-state index is 12.0. The van der Waals surface area contributed by atoms with Gasteiger partial charge in [0.25, 0.3) is 5.91 Å². The van der Waals surface area contributed by atoms with Crippen LogP contribution in [0.1, 0.15) is 40.7 Å². The molecule has 2 aliphatic rings. The van der Waals surface area contributed by atoms with Crippen LogP contribution in [0.15, 0.2) is 18.2 Å². The summed E-state index contributed by atoms with van der Waals surface area (Å²) in [4.78, 5) is 13.8. The fourth-order valence-corrected chi connectivity index (χ4v) is 3.19. The minimum absolute atomic E-state index is 0.179. The van der Waals surface area contributed by atoms with Gasteiger partial charge in [-0.15, -0.1) is 0 Å². The fraction of sp³-hybridized carbons (Fsp3) is 0.562. The minimum atomic E-state index is 0.179. The quantitative estimate of drug-likeness (QED) is 0.901. The molecule has 0 radical (unpaired) electrons. The number of carbonyl (C=O) groups is 1. The molecule has 1 fully saturated rings. The number of piperidine rings is 1. The lowest BCUT2D eigenvalue weighted by molar-refractivity contribution is 0.0816. The van der Waals surface area contributed by atoms with Crippen molar-refractivity contribution in [3.8, 4) is 0 Å². The van der Waals surface area contributed by atoms with Crippen LogP contribution in [-0.2, 0) is 13.0 Å². The van der Waals surface area contributed by atoms with Gasteiger partial charge in [0.1, 0.15) is 0 Å². The van der Waals surface area contributed by atoms with E-state index < -0.39 is 0 Å². The fourth-order valence-electron chi connectivity index (χ4n) is 3.19. The maximum Gasteiger partial charge on any atom is 0.254 e. The number of amides is 1. The minimum Gasteiger partial charge on any atom is -0.337 e. The number of hydrogen-bond donors (Lipinski definition) is 1. The van der Waals surface area contributed by atoms with Crippen molar-refractivity contribution in [2.24, 2.45) is 5.92 Å². The van der Waals surface area contributed by atoms with Crippen molar-refractivity contribution in [2.75, 3.05) is 20.1 Å². The van der Waals surface area contributed by atoms with E-state index in [2.05, 4.69) is 23.5 Å². The molecule has 1 N–H and O–H groups in total. The molecule has 3 heteroatoms. The summed E-state index contributed by atoms with van der Waals surface area (Å²) in [5.74, 6) is 1.03. The first-order chi connectivity index (χ1) is 9.24. The highest BCUT2D eigenvalue weighted by atomic mass is 16.2. The van der Waals surface area contributed by atoms with E-state index in [-0.39, 0.29) is 5.91 Å². The number of carbonyl (C=O) groups excluding carboxylic acids is 1. The molecule has 3 nitrogen and oxygen atoms in total. The Balaban J connectivity index is 1.64. The average molecular weight is 258 g/mol. The Morgan fingerprint density at radius 3 is 2.89 bits per heavy atom. The van der Waals surface area contributed by atoms with Crippen LogP contribution in [0.25, 0.3) is 0 Å². The van der Waals surface area contributed by atoms with Gasteiger partial charge >= 0.3 is 0 Å². The lowest BCUT2D eigenvalue weighted by Crippen LogP contribution is -2.27. The predicted octanol–water partition coefficient (Wildman–Crippen LogP) is 2.20. The van der Waals surface area contributed by atoms with E-state index in [1.54, 1.807) is 4.90 Å². The summed E-state index contributed by atoms with van der Waals surface area (Å²) >= 11 is 0. The molecule has 0 unspecified atom stereocenters. The molecule has 0 saturated carbocycles. The Morgan fingerprint density at radius 1 is 1.32 bits per heavy atom. The number of nitrogens with one attached hydrogen (secondary N) is 1. The van der Waals surface area contributed by atoms with Gasteiger partial charge in [0.15, 0.2) is 0 Å². The van der Waals surface area contributed by atoms with Gasteiger partial charge < -0.3 is 10.2 Å². The van der Waals surface area contributed by atoms with Crippen LogP contribution in [-0.4, -0.2) is 30.9 Å². The lowest BCUT2D eigenvalue weighted by atomic mass is 9.91. The number of nitrogens with zero attached hydrogens (tertiary/aromatic N) is 1. The van der Waals surface area contributed by atoms with E-state index in [9.17, 15) is 4.79 Å². The van der Waals surface area contributed by atoms with E-state index in [0.29, 0.717) is 0 Å². The molecule has 0 aliphatic carbocycles. The van der Waals surface area contributed by atoms with Crippen LogP contribution in [0, 0.1) is 5.92 Å². The van der Waals surface area contributed by atoms with Crippen LogP contribution >= 0.6 is 0 Å². The van der Waals surface area contributed by atoms with Crippen molar-refractivity contribution >= 4 is 5.91 Å². The summed E-state index contributed by atoms with van der Waals surface area (Å²) in [6.07, 6.45) is 4.96. The third-order valence-corrected chi connectivity index (χ3v) is 4.46. The lowest BCUT2D eigenvalue weighted by Gasteiger charge is -2.22. The number of aryl methyl sites for hydroxylation is 1. The third-order valence-electron chi connectivity index (χ3n) is 4.46. The van der Waals surface area contributed by atoms with Gasteiger partial charge in [0.05, 0.1) is 0 Å². The van der Waals surface area contributed by atoms with E-state index in [1.165, 1.54) is 30.4 Å². The second-order valence-corrected chi connectivity index (χ2v) is 5.88. The van der Waals surface area contributed by atoms with Gasteiger partial charge in [-0.3, -0.25) is 4.79 Å². The van der Waals surface area contributed by atoms with Crippen LogP contribution in [0.4, 0.5) is 0 Å². The first kappa shape index (κ1) is 12.7. The molecule has 0 spiro atoms. The largest absolute Gasteiger partial charge is 0.337 e. The second kappa shape index (κ2) is 5.33. The molecule has 102 valence electrons. The molecule has 1 aromatic rings. The summed E-state index contributed by atoms with van der Waals surface area (Å²) in [5.41, 5.74) is 3.42. The standard InChI is InChI=1S/C16H22N2O/c1-18-11-14-5-4-13(10-15(14)16(18)19)3-2-12-6-8-17-9-7-12/h4-5,10,12,17H,2-3,6-9,11H2,1H3. The third kappa shape index (κ3) is 2.66. The summed E-state index contributed by atoms with van der Waals surface area (Å²) in [5, 5.41) is 3.41. The van der Waals surface area contributed by atoms with Crippen LogP contribution in [0.5, 0.6) is 0 Å². The summed E-state index contributed by atoms with van der Waals surface area (Å²) in [6, 6.07) is 6.45. The van der Waals surface area contributed by atoms with Crippen molar-refractivity contribution in [1.29, 1.82) is 0 Å². The average Bonchev–Trinajstić information content (AvgIpc) is 2.73.